The maximum absolute atomic E-state index is 8.72. The molecule has 0 radical (unpaired) electrons. The summed E-state index contributed by atoms with van der Waals surface area (Å²) in [6, 6.07) is 3.34. The van der Waals surface area contributed by atoms with Gasteiger partial charge in [-0.25, -0.2) is 0 Å². The second-order valence-electron chi connectivity index (χ2n) is 5.49. The molecule has 1 atom stereocenters. The molecule has 1 saturated carbocycles. The van der Waals surface area contributed by atoms with E-state index in [2.05, 4.69) is 32.2 Å². The van der Waals surface area contributed by atoms with Gasteiger partial charge in [0, 0.05) is 12.1 Å². The van der Waals surface area contributed by atoms with Crippen LogP contribution >= 0.6 is 0 Å². The third kappa shape index (κ3) is 4.14. The van der Waals surface area contributed by atoms with Crippen LogP contribution in [0.25, 0.3) is 0 Å². The molecule has 0 bridgehead atoms. The van der Waals surface area contributed by atoms with Gasteiger partial charge in [-0.3, -0.25) is 0 Å². The highest BCUT2D eigenvalue weighted by molar-refractivity contribution is 4.85. The molecular formula is C14H26N2. The molecule has 92 valence electrons. The molecule has 0 saturated heterocycles. The van der Waals surface area contributed by atoms with Crippen molar-refractivity contribution in [2.45, 2.75) is 71.4 Å². The molecule has 2 heteroatoms. The molecule has 1 N–H and O–H groups in total. The Morgan fingerprint density at radius 2 is 1.88 bits per heavy atom. The smallest absolute Gasteiger partial charge is 0.0638 e. The van der Waals surface area contributed by atoms with Crippen LogP contribution in [-0.4, -0.2) is 12.1 Å². The minimum absolute atomic E-state index is 0.408. The van der Waals surface area contributed by atoms with Crippen LogP contribution in [-0.2, 0) is 0 Å². The molecule has 2 nitrogen and oxygen atoms in total. The molecule has 0 aromatic rings. The summed E-state index contributed by atoms with van der Waals surface area (Å²) in [4.78, 5) is 0. The first kappa shape index (κ1) is 13.5. The fourth-order valence-electron chi connectivity index (χ4n) is 2.72. The van der Waals surface area contributed by atoms with E-state index in [0.29, 0.717) is 18.5 Å². The summed E-state index contributed by atoms with van der Waals surface area (Å²) in [7, 11) is 0. The second kappa shape index (κ2) is 6.91. The summed E-state index contributed by atoms with van der Waals surface area (Å²) in [5, 5.41) is 12.4. The average Bonchev–Trinajstić information content (AvgIpc) is 2.29. The van der Waals surface area contributed by atoms with E-state index in [-0.39, 0.29) is 0 Å². The van der Waals surface area contributed by atoms with Crippen LogP contribution in [0.3, 0.4) is 0 Å². The number of hydrogen-bond donors (Lipinski definition) is 1. The zero-order valence-electron chi connectivity index (χ0n) is 11.0. The highest BCUT2D eigenvalue weighted by Gasteiger charge is 2.24. The molecule has 0 aromatic carbocycles. The lowest BCUT2D eigenvalue weighted by atomic mass is 9.79. The Morgan fingerprint density at radius 1 is 1.25 bits per heavy atom. The van der Waals surface area contributed by atoms with E-state index in [1.165, 1.54) is 25.7 Å². The van der Waals surface area contributed by atoms with Gasteiger partial charge >= 0.3 is 0 Å². The third-order valence-electron chi connectivity index (χ3n) is 4.02. The topological polar surface area (TPSA) is 35.8 Å². The first-order chi connectivity index (χ1) is 7.67. The Hall–Kier alpha value is -0.550. The van der Waals surface area contributed by atoms with E-state index in [1.54, 1.807) is 0 Å². The molecule has 0 aromatic heterocycles. The van der Waals surface area contributed by atoms with Crippen LogP contribution in [0.2, 0.25) is 0 Å². The molecule has 0 spiro atoms. The highest BCUT2D eigenvalue weighted by Crippen LogP contribution is 2.30. The molecule has 1 aliphatic carbocycles. The van der Waals surface area contributed by atoms with Gasteiger partial charge in [-0.15, -0.1) is 0 Å². The van der Waals surface area contributed by atoms with Gasteiger partial charge in [0.25, 0.3) is 0 Å². The zero-order valence-corrected chi connectivity index (χ0v) is 11.0. The first-order valence-corrected chi connectivity index (χ1v) is 6.80. The predicted molar refractivity (Wildman–Crippen MR) is 68.0 cm³/mol. The van der Waals surface area contributed by atoms with Gasteiger partial charge in [0.2, 0.25) is 0 Å². The zero-order chi connectivity index (χ0) is 12.0. The van der Waals surface area contributed by atoms with E-state index < -0.39 is 0 Å². The number of hydrogen-bond acceptors (Lipinski definition) is 2. The van der Waals surface area contributed by atoms with Crippen LogP contribution in [0.5, 0.6) is 0 Å². The molecule has 1 rings (SSSR count). The Balaban J connectivity index is 2.28. The van der Waals surface area contributed by atoms with Crippen LogP contribution in [0.4, 0.5) is 0 Å². The number of nitriles is 1. The summed E-state index contributed by atoms with van der Waals surface area (Å²) in [6.45, 7) is 6.83. The van der Waals surface area contributed by atoms with Crippen LogP contribution in [0.1, 0.15) is 59.3 Å². The third-order valence-corrected chi connectivity index (χ3v) is 4.02. The molecule has 1 unspecified atom stereocenters. The maximum atomic E-state index is 8.72. The van der Waals surface area contributed by atoms with Gasteiger partial charge in [0.1, 0.15) is 0 Å². The molecule has 1 fully saturated rings. The Bertz CT molecular complexity index is 221. The summed E-state index contributed by atoms with van der Waals surface area (Å²) >= 11 is 0. The van der Waals surface area contributed by atoms with Gasteiger partial charge < -0.3 is 5.32 Å². The van der Waals surface area contributed by atoms with Crippen molar-refractivity contribution in [3.05, 3.63) is 0 Å². The largest absolute Gasteiger partial charge is 0.310 e. The molecule has 1 aliphatic rings. The van der Waals surface area contributed by atoms with Gasteiger partial charge in [0.05, 0.1) is 12.5 Å². The van der Waals surface area contributed by atoms with Crippen molar-refractivity contribution in [2.75, 3.05) is 0 Å². The van der Waals surface area contributed by atoms with E-state index in [4.69, 9.17) is 5.26 Å². The van der Waals surface area contributed by atoms with Crippen molar-refractivity contribution < 1.29 is 0 Å². The van der Waals surface area contributed by atoms with E-state index in [0.717, 1.165) is 18.3 Å². The highest BCUT2D eigenvalue weighted by atomic mass is 14.9. The normalized spacial score (nSPS) is 27.7. The average molecular weight is 222 g/mol. The molecule has 0 heterocycles. The summed E-state index contributed by atoms with van der Waals surface area (Å²) in [5.41, 5.74) is 0. The van der Waals surface area contributed by atoms with Gasteiger partial charge in [-0.1, -0.05) is 20.8 Å². The number of nitrogens with zero attached hydrogens (tertiary/aromatic N) is 1. The van der Waals surface area contributed by atoms with Crippen molar-refractivity contribution in [2.24, 2.45) is 11.8 Å². The summed E-state index contributed by atoms with van der Waals surface area (Å²) < 4.78 is 0. The minimum atomic E-state index is 0.408. The Morgan fingerprint density at radius 3 is 2.31 bits per heavy atom. The van der Waals surface area contributed by atoms with Crippen LogP contribution < -0.4 is 5.32 Å². The number of nitrogens with one attached hydrogen (secondary N) is 1. The van der Waals surface area contributed by atoms with E-state index >= 15 is 0 Å². The first-order valence-electron chi connectivity index (χ1n) is 6.80. The SMILES string of the molecule is CCC(CC#N)NC1CCC(C(C)C)CC1. The Kier molecular flexibility index (Phi) is 5.84. The summed E-state index contributed by atoms with van der Waals surface area (Å²) in [6.07, 6.45) is 7.03. The molecule has 0 amide bonds. The summed E-state index contributed by atoms with van der Waals surface area (Å²) in [5.74, 6) is 1.76. The van der Waals surface area contributed by atoms with Crippen LogP contribution in [0.15, 0.2) is 0 Å². The fourth-order valence-corrected chi connectivity index (χ4v) is 2.72. The van der Waals surface area contributed by atoms with Crippen molar-refractivity contribution in [1.82, 2.24) is 5.32 Å². The molecular weight excluding hydrogens is 196 g/mol. The standard InChI is InChI=1S/C14H26N2/c1-4-13(9-10-15)16-14-7-5-12(6-8-14)11(2)3/h11-14,16H,4-9H2,1-3H3. The predicted octanol–water partition coefficient (Wildman–Crippen LogP) is 3.48. The monoisotopic (exact) mass is 222 g/mol. The molecule has 0 aliphatic heterocycles. The quantitative estimate of drug-likeness (QED) is 0.773. The minimum Gasteiger partial charge on any atom is -0.310 e. The lowest BCUT2D eigenvalue weighted by molar-refractivity contribution is 0.227. The lowest BCUT2D eigenvalue weighted by Gasteiger charge is -2.33. The number of rotatable bonds is 5. The van der Waals surface area contributed by atoms with Gasteiger partial charge in [0.15, 0.2) is 0 Å². The van der Waals surface area contributed by atoms with Gasteiger partial charge in [-0.05, 0) is 43.9 Å². The van der Waals surface area contributed by atoms with Crippen molar-refractivity contribution in [3.63, 3.8) is 0 Å². The fraction of sp³-hybridized carbons (Fsp3) is 0.929. The molecule has 16 heavy (non-hydrogen) atoms. The van der Waals surface area contributed by atoms with Crippen molar-refractivity contribution >= 4 is 0 Å². The second-order valence-corrected chi connectivity index (χ2v) is 5.49. The van der Waals surface area contributed by atoms with E-state index in [1.807, 2.05) is 0 Å². The maximum Gasteiger partial charge on any atom is 0.0638 e. The van der Waals surface area contributed by atoms with Crippen molar-refractivity contribution in [3.8, 4) is 6.07 Å². The Labute approximate surface area is 100 Å². The lowest BCUT2D eigenvalue weighted by Crippen LogP contribution is -2.40. The van der Waals surface area contributed by atoms with Crippen molar-refractivity contribution in [1.29, 1.82) is 5.26 Å². The van der Waals surface area contributed by atoms with E-state index in [9.17, 15) is 0 Å². The van der Waals surface area contributed by atoms with Crippen LogP contribution in [0, 0.1) is 23.2 Å². The van der Waals surface area contributed by atoms with Gasteiger partial charge in [-0.2, -0.15) is 5.26 Å².